The summed E-state index contributed by atoms with van der Waals surface area (Å²) in [7, 11) is 1.32. The van der Waals surface area contributed by atoms with Gasteiger partial charge in [-0.1, -0.05) is 47.6 Å². The van der Waals surface area contributed by atoms with Crippen molar-refractivity contribution in [2.24, 2.45) is 0 Å². The van der Waals surface area contributed by atoms with Crippen molar-refractivity contribution in [3.8, 4) is 11.1 Å². The number of carbonyl (C=O) groups is 2. The Bertz CT molecular complexity index is 1180. The highest BCUT2D eigenvalue weighted by Gasteiger charge is 2.22. The highest BCUT2D eigenvalue weighted by molar-refractivity contribution is 8.01. The van der Waals surface area contributed by atoms with E-state index >= 15 is 0 Å². The Morgan fingerprint density at radius 3 is 2.67 bits per heavy atom. The minimum atomic E-state index is -0.504. The molecule has 5 nitrogen and oxygen atoms in total. The van der Waals surface area contributed by atoms with E-state index in [9.17, 15) is 9.59 Å². The first-order chi connectivity index (χ1) is 14.5. The normalized spacial score (nSPS) is 10.9. The van der Waals surface area contributed by atoms with Crippen LogP contribution in [-0.2, 0) is 9.53 Å². The molecule has 4 rings (SSSR count). The fourth-order valence-electron chi connectivity index (χ4n) is 2.80. The molecule has 0 aliphatic rings. The molecule has 0 atom stereocenters. The minimum absolute atomic E-state index is 0.189. The van der Waals surface area contributed by atoms with E-state index in [0.717, 1.165) is 20.1 Å². The van der Waals surface area contributed by atoms with Crippen LogP contribution in [0.5, 0.6) is 0 Å². The second-order valence-electron chi connectivity index (χ2n) is 6.14. The van der Waals surface area contributed by atoms with Crippen molar-refractivity contribution in [2.75, 3.05) is 18.2 Å². The van der Waals surface area contributed by atoms with Crippen molar-refractivity contribution in [3.63, 3.8) is 0 Å². The van der Waals surface area contributed by atoms with Gasteiger partial charge in [-0.2, -0.15) is 0 Å². The van der Waals surface area contributed by atoms with E-state index in [-0.39, 0.29) is 11.7 Å². The number of nitrogens with one attached hydrogen (secondary N) is 1. The van der Waals surface area contributed by atoms with Crippen LogP contribution < -0.4 is 5.32 Å². The van der Waals surface area contributed by atoms with Crippen LogP contribution in [-0.4, -0.2) is 29.7 Å². The number of aromatic nitrogens is 1. The molecule has 9 heteroatoms. The van der Waals surface area contributed by atoms with Crippen molar-refractivity contribution < 1.29 is 14.3 Å². The molecule has 1 amide bonds. The largest absolute Gasteiger partial charge is 0.465 e. The molecular formula is C21H15ClN2O3S3. The number of fused-ring (bicyclic) bond motifs is 1. The summed E-state index contributed by atoms with van der Waals surface area (Å²) >= 11 is 10.2. The number of thiophene rings is 1. The zero-order valence-corrected chi connectivity index (χ0v) is 18.9. The molecule has 152 valence electrons. The van der Waals surface area contributed by atoms with Crippen molar-refractivity contribution in [1.82, 2.24) is 4.98 Å². The third-order valence-corrected chi connectivity index (χ3v) is 7.52. The molecule has 0 spiro atoms. The number of amides is 1. The Hall–Kier alpha value is -2.39. The van der Waals surface area contributed by atoms with Crippen LogP contribution in [0, 0.1) is 0 Å². The van der Waals surface area contributed by atoms with Crippen LogP contribution in [0.2, 0.25) is 5.02 Å². The second kappa shape index (κ2) is 9.18. The predicted octanol–water partition coefficient (Wildman–Crippen LogP) is 6.20. The van der Waals surface area contributed by atoms with Crippen LogP contribution in [0.1, 0.15) is 10.4 Å². The number of anilines is 1. The molecule has 0 fully saturated rings. The van der Waals surface area contributed by atoms with E-state index in [0.29, 0.717) is 21.2 Å². The molecule has 0 saturated heterocycles. The summed E-state index contributed by atoms with van der Waals surface area (Å²) in [6, 6.07) is 15.0. The van der Waals surface area contributed by atoms with E-state index in [1.165, 1.54) is 30.2 Å². The van der Waals surface area contributed by atoms with Crippen molar-refractivity contribution in [2.45, 2.75) is 4.34 Å². The maximum absolute atomic E-state index is 12.5. The van der Waals surface area contributed by atoms with Gasteiger partial charge in [0, 0.05) is 16.0 Å². The summed E-state index contributed by atoms with van der Waals surface area (Å²) in [6.45, 7) is 0. The van der Waals surface area contributed by atoms with Gasteiger partial charge in [0.1, 0.15) is 10.6 Å². The van der Waals surface area contributed by atoms with Gasteiger partial charge in [-0.25, -0.2) is 9.78 Å². The van der Waals surface area contributed by atoms with Crippen LogP contribution in [0.4, 0.5) is 5.00 Å². The summed E-state index contributed by atoms with van der Waals surface area (Å²) in [5.74, 6) is -0.529. The average molecular weight is 475 g/mol. The van der Waals surface area contributed by atoms with Crippen LogP contribution >= 0.6 is 46.0 Å². The lowest BCUT2D eigenvalue weighted by Crippen LogP contribution is -2.15. The zero-order chi connectivity index (χ0) is 21.1. The van der Waals surface area contributed by atoms with E-state index in [1.54, 1.807) is 23.5 Å². The Balaban J connectivity index is 1.51. The number of thioether (sulfide) groups is 1. The number of hydrogen-bond donors (Lipinski definition) is 1. The lowest BCUT2D eigenvalue weighted by Gasteiger charge is -2.07. The summed E-state index contributed by atoms with van der Waals surface area (Å²) in [4.78, 5) is 29.5. The summed E-state index contributed by atoms with van der Waals surface area (Å²) in [5.41, 5.74) is 2.77. The summed E-state index contributed by atoms with van der Waals surface area (Å²) in [6.07, 6.45) is 0. The third kappa shape index (κ3) is 4.52. The van der Waals surface area contributed by atoms with Crippen molar-refractivity contribution in [3.05, 3.63) is 64.5 Å². The number of nitrogens with zero attached hydrogens (tertiary/aromatic N) is 1. The van der Waals surface area contributed by atoms with Crippen LogP contribution in [0.3, 0.4) is 0 Å². The number of carbonyl (C=O) groups excluding carboxylic acids is 2. The Morgan fingerprint density at radius 1 is 1.17 bits per heavy atom. The van der Waals surface area contributed by atoms with Gasteiger partial charge >= 0.3 is 5.97 Å². The Morgan fingerprint density at radius 2 is 1.93 bits per heavy atom. The number of para-hydroxylation sites is 1. The van der Waals surface area contributed by atoms with Crippen LogP contribution in [0.15, 0.2) is 58.3 Å². The van der Waals surface area contributed by atoms with E-state index in [4.69, 9.17) is 16.3 Å². The van der Waals surface area contributed by atoms with E-state index < -0.39 is 5.97 Å². The number of rotatable bonds is 6. The third-order valence-electron chi connectivity index (χ3n) is 4.19. The molecule has 0 saturated carbocycles. The number of thiazole rings is 1. The highest BCUT2D eigenvalue weighted by Crippen LogP contribution is 2.37. The van der Waals surface area contributed by atoms with E-state index in [2.05, 4.69) is 10.3 Å². The van der Waals surface area contributed by atoms with Gasteiger partial charge in [-0.15, -0.1) is 22.7 Å². The summed E-state index contributed by atoms with van der Waals surface area (Å²) in [5, 5.41) is 5.73. The van der Waals surface area contributed by atoms with Gasteiger partial charge in [0.05, 0.1) is 23.1 Å². The van der Waals surface area contributed by atoms with Gasteiger partial charge in [0.15, 0.2) is 4.34 Å². The molecule has 4 aromatic rings. The zero-order valence-electron chi connectivity index (χ0n) is 15.7. The molecule has 0 aliphatic heterocycles. The first kappa shape index (κ1) is 20.9. The fourth-order valence-corrected chi connectivity index (χ4v) is 5.77. The Kier molecular flexibility index (Phi) is 6.38. The van der Waals surface area contributed by atoms with E-state index in [1.807, 2.05) is 41.8 Å². The molecule has 30 heavy (non-hydrogen) atoms. The number of halogens is 1. The number of esters is 1. The number of hydrogen-bond acceptors (Lipinski definition) is 7. The highest BCUT2D eigenvalue weighted by atomic mass is 35.5. The standard InChI is InChI=1S/C21H15ClN2O3S3/c1-27-20(26)18-14(12-6-8-13(22)9-7-12)10-28-19(18)24-17(25)11-29-21-23-15-4-2-3-5-16(15)30-21/h2-10H,11H2,1H3,(H,24,25). The van der Waals surface area contributed by atoms with Crippen molar-refractivity contribution >= 4 is 73.1 Å². The van der Waals surface area contributed by atoms with Crippen molar-refractivity contribution in [1.29, 1.82) is 0 Å². The minimum Gasteiger partial charge on any atom is -0.465 e. The fraction of sp³-hybridized carbons (Fsp3) is 0.0952. The quantitative estimate of drug-likeness (QED) is 0.266. The molecule has 0 unspecified atom stereocenters. The molecular weight excluding hydrogens is 460 g/mol. The lowest BCUT2D eigenvalue weighted by molar-refractivity contribution is -0.113. The van der Waals surface area contributed by atoms with Gasteiger partial charge in [-0.05, 0) is 29.8 Å². The smallest absolute Gasteiger partial charge is 0.341 e. The monoisotopic (exact) mass is 474 g/mol. The number of benzene rings is 2. The SMILES string of the molecule is COC(=O)c1c(-c2ccc(Cl)cc2)csc1NC(=O)CSc1nc2ccccc2s1. The lowest BCUT2D eigenvalue weighted by atomic mass is 10.0. The number of methoxy groups -OCH3 is 1. The van der Waals surface area contributed by atoms with Gasteiger partial charge in [0.2, 0.25) is 5.91 Å². The predicted molar refractivity (Wildman–Crippen MR) is 125 cm³/mol. The molecule has 2 aromatic carbocycles. The van der Waals surface area contributed by atoms with Gasteiger partial charge in [-0.3, -0.25) is 4.79 Å². The first-order valence-corrected chi connectivity index (χ1v) is 11.8. The first-order valence-electron chi connectivity index (χ1n) is 8.79. The van der Waals surface area contributed by atoms with Gasteiger partial charge < -0.3 is 10.1 Å². The van der Waals surface area contributed by atoms with Crippen LogP contribution in [0.25, 0.3) is 21.3 Å². The Labute approximate surface area is 190 Å². The maximum Gasteiger partial charge on any atom is 0.341 e. The molecule has 0 bridgehead atoms. The number of ether oxygens (including phenoxy) is 1. The summed E-state index contributed by atoms with van der Waals surface area (Å²) < 4.78 is 6.85. The van der Waals surface area contributed by atoms with Gasteiger partial charge in [0.25, 0.3) is 0 Å². The molecule has 2 aromatic heterocycles. The molecule has 0 aliphatic carbocycles. The second-order valence-corrected chi connectivity index (χ2v) is 9.71. The molecule has 2 heterocycles. The molecule has 1 N–H and O–H groups in total. The topological polar surface area (TPSA) is 68.3 Å². The average Bonchev–Trinajstić information content (AvgIpc) is 3.36. The molecule has 0 radical (unpaired) electrons. The maximum atomic E-state index is 12.5.